The second-order valence-corrected chi connectivity index (χ2v) is 8.51. The van der Waals surface area contributed by atoms with E-state index in [1.165, 1.54) is 16.8 Å². The number of nitrogens with zero attached hydrogens (tertiary/aromatic N) is 2. The summed E-state index contributed by atoms with van der Waals surface area (Å²) in [6.07, 6.45) is 4.18. The van der Waals surface area contributed by atoms with Gasteiger partial charge in [-0.15, -0.1) is 0 Å². The lowest BCUT2D eigenvalue weighted by atomic mass is 9.79. The third-order valence-corrected chi connectivity index (χ3v) is 5.63. The number of halogens is 1. The Bertz CT molecular complexity index is 823. The number of hydrogen-bond donors (Lipinski definition) is 0. The zero-order valence-electron chi connectivity index (χ0n) is 16.5. The summed E-state index contributed by atoms with van der Waals surface area (Å²) in [4.78, 5) is 7.16. The topological polar surface area (TPSA) is 15.6 Å². The Morgan fingerprint density at radius 1 is 1.27 bits per heavy atom. The van der Waals surface area contributed by atoms with Crippen LogP contribution in [0.3, 0.4) is 0 Å². The van der Waals surface area contributed by atoms with Crippen LogP contribution in [0.15, 0.2) is 41.4 Å². The standard InChI is InChI=1S/C23H29ClN2/c1-6-10-26-22-13-21(24)18(12-20(22)17(3)14-23(26,4)5)15-25-19-9-7-8-16(2)11-19/h7-9,11-13,15,17H,6,10,14H2,1-5H3. The first kappa shape index (κ1) is 19.0. The van der Waals surface area contributed by atoms with Crippen molar-refractivity contribution >= 4 is 29.2 Å². The average molecular weight is 369 g/mol. The van der Waals surface area contributed by atoms with E-state index < -0.39 is 0 Å². The minimum atomic E-state index is 0.156. The van der Waals surface area contributed by atoms with E-state index in [0.29, 0.717) is 5.92 Å². The van der Waals surface area contributed by atoms with Crippen LogP contribution in [0.1, 0.15) is 63.1 Å². The molecule has 0 bridgehead atoms. The molecule has 0 amide bonds. The summed E-state index contributed by atoms with van der Waals surface area (Å²) in [7, 11) is 0. The molecule has 3 heteroatoms. The molecule has 1 unspecified atom stereocenters. The Morgan fingerprint density at radius 3 is 2.73 bits per heavy atom. The molecule has 138 valence electrons. The molecule has 0 radical (unpaired) electrons. The summed E-state index contributed by atoms with van der Waals surface area (Å²) in [6, 6.07) is 12.6. The number of benzene rings is 2. The minimum Gasteiger partial charge on any atom is -0.366 e. The van der Waals surface area contributed by atoms with Crippen LogP contribution in [0, 0.1) is 6.92 Å². The van der Waals surface area contributed by atoms with Gasteiger partial charge in [0, 0.05) is 29.5 Å². The van der Waals surface area contributed by atoms with Gasteiger partial charge in [-0.2, -0.15) is 0 Å². The highest BCUT2D eigenvalue weighted by Crippen LogP contribution is 2.45. The molecule has 0 saturated carbocycles. The van der Waals surface area contributed by atoms with Crippen LogP contribution in [-0.2, 0) is 0 Å². The van der Waals surface area contributed by atoms with E-state index in [1.807, 2.05) is 18.3 Å². The second-order valence-electron chi connectivity index (χ2n) is 8.10. The molecular weight excluding hydrogens is 340 g/mol. The van der Waals surface area contributed by atoms with Crippen molar-refractivity contribution in [3.8, 4) is 0 Å². The van der Waals surface area contributed by atoms with Crippen LogP contribution in [0.25, 0.3) is 0 Å². The number of aliphatic imine (C=N–C) groups is 1. The fraction of sp³-hybridized carbons (Fsp3) is 0.435. The molecule has 2 aromatic carbocycles. The quantitative estimate of drug-likeness (QED) is 0.536. The zero-order valence-corrected chi connectivity index (χ0v) is 17.3. The molecule has 0 aromatic heterocycles. The molecule has 0 spiro atoms. The van der Waals surface area contributed by atoms with Gasteiger partial charge in [0.2, 0.25) is 0 Å². The highest BCUT2D eigenvalue weighted by Gasteiger charge is 2.36. The van der Waals surface area contributed by atoms with E-state index in [4.69, 9.17) is 11.6 Å². The predicted molar refractivity (Wildman–Crippen MR) is 115 cm³/mol. The fourth-order valence-electron chi connectivity index (χ4n) is 4.12. The van der Waals surface area contributed by atoms with Crippen molar-refractivity contribution in [2.24, 2.45) is 4.99 Å². The number of rotatable bonds is 4. The normalized spacial score (nSPS) is 19.0. The molecule has 2 aromatic rings. The van der Waals surface area contributed by atoms with Gasteiger partial charge in [-0.05, 0) is 74.9 Å². The summed E-state index contributed by atoms with van der Waals surface area (Å²) in [5, 5.41) is 0.770. The van der Waals surface area contributed by atoms with Gasteiger partial charge in [-0.25, -0.2) is 0 Å². The Labute approximate surface area is 162 Å². The van der Waals surface area contributed by atoms with Crippen LogP contribution in [0.2, 0.25) is 5.02 Å². The van der Waals surface area contributed by atoms with Crippen molar-refractivity contribution in [1.82, 2.24) is 0 Å². The highest BCUT2D eigenvalue weighted by atomic mass is 35.5. The third-order valence-electron chi connectivity index (χ3n) is 5.31. The lowest BCUT2D eigenvalue weighted by molar-refractivity contribution is 0.376. The van der Waals surface area contributed by atoms with Gasteiger partial charge >= 0.3 is 0 Å². The predicted octanol–water partition coefficient (Wildman–Crippen LogP) is 6.90. The van der Waals surface area contributed by atoms with Crippen molar-refractivity contribution in [3.63, 3.8) is 0 Å². The molecular formula is C23H29ClN2. The highest BCUT2D eigenvalue weighted by molar-refractivity contribution is 6.33. The molecule has 3 rings (SSSR count). The number of hydrogen-bond acceptors (Lipinski definition) is 2. The van der Waals surface area contributed by atoms with Gasteiger partial charge in [0.25, 0.3) is 0 Å². The first-order valence-electron chi connectivity index (χ1n) is 9.53. The molecule has 0 aliphatic carbocycles. The maximum Gasteiger partial charge on any atom is 0.0632 e. The van der Waals surface area contributed by atoms with Gasteiger partial charge < -0.3 is 4.90 Å². The van der Waals surface area contributed by atoms with E-state index in [-0.39, 0.29) is 5.54 Å². The monoisotopic (exact) mass is 368 g/mol. The van der Waals surface area contributed by atoms with Gasteiger partial charge in [-0.1, -0.05) is 37.6 Å². The zero-order chi connectivity index (χ0) is 18.9. The minimum absolute atomic E-state index is 0.156. The summed E-state index contributed by atoms with van der Waals surface area (Å²) in [6.45, 7) is 12.4. The molecule has 1 atom stereocenters. The van der Waals surface area contributed by atoms with Crippen LogP contribution >= 0.6 is 11.6 Å². The van der Waals surface area contributed by atoms with E-state index >= 15 is 0 Å². The smallest absolute Gasteiger partial charge is 0.0632 e. The van der Waals surface area contributed by atoms with Crippen LogP contribution < -0.4 is 4.90 Å². The third kappa shape index (κ3) is 3.81. The molecule has 0 fully saturated rings. The lowest BCUT2D eigenvalue weighted by Gasteiger charge is -2.47. The summed E-state index contributed by atoms with van der Waals surface area (Å²) >= 11 is 6.65. The molecule has 1 aliphatic heterocycles. The van der Waals surface area contributed by atoms with E-state index in [9.17, 15) is 0 Å². The van der Waals surface area contributed by atoms with E-state index in [1.54, 1.807) is 0 Å². The molecule has 0 N–H and O–H groups in total. The molecule has 0 saturated heterocycles. The van der Waals surface area contributed by atoms with Crippen LogP contribution in [0.5, 0.6) is 0 Å². The first-order chi connectivity index (χ1) is 12.3. The van der Waals surface area contributed by atoms with Crippen molar-refractivity contribution in [1.29, 1.82) is 0 Å². The Balaban J connectivity index is 2.00. The summed E-state index contributed by atoms with van der Waals surface area (Å²) < 4.78 is 0. The molecule has 26 heavy (non-hydrogen) atoms. The van der Waals surface area contributed by atoms with Gasteiger partial charge in [0.1, 0.15) is 0 Å². The van der Waals surface area contributed by atoms with E-state index in [0.717, 1.165) is 35.7 Å². The van der Waals surface area contributed by atoms with E-state index in [2.05, 4.69) is 68.8 Å². The molecule has 2 nitrogen and oxygen atoms in total. The first-order valence-corrected chi connectivity index (χ1v) is 9.91. The molecule has 1 aliphatic rings. The van der Waals surface area contributed by atoms with Gasteiger partial charge in [0.05, 0.1) is 10.7 Å². The van der Waals surface area contributed by atoms with Gasteiger partial charge in [0.15, 0.2) is 0 Å². The number of aryl methyl sites for hydroxylation is 1. The van der Waals surface area contributed by atoms with Crippen LogP contribution in [-0.4, -0.2) is 18.3 Å². The lowest BCUT2D eigenvalue weighted by Crippen LogP contribution is -2.48. The Kier molecular flexibility index (Phi) is 5.43. The largest absolute Gasteiger partial charge is 0.366 e. The summed E-state index contributed by atoms with van der Waals surface area (Å²) in [5.41, 5.74) is 5.99. The average Bonchev–Trinajstić information content (AvgIpc) is 2.57. The second kappa shape index (κ2) is 7.44. The fourth-order valence-corrected chi connectivity index (χ4v) is 4.33. The maximum atomic E-state index is 6.65. The maximum absolute atomic E-state index is 6.65. The van der Waals surface area contributed by atoms with Crippen molar-refractivity contribution in [3.05, 3.63) is 58.1 Å². The van der Waals surface area contributed by atoms with Crippen molar-refractivity contribution < 1.29 is 0 Å². The molecule has 1 heterocycles. The summed E-state index contributed by atoms with van der Waals surface area (Å²) in [5.74, 6) is 0.511. The van der Waals surface area contributed by atoms with Crippen molar-refractivity contribution in [2.45, 2.75) is 58.9 Å². The Hall–Kier alpha value is -1.80. The SMILES string of the molecule is CCCN1c2cc(Cl)c(C=Nc3cccc(C)c3)cc2C(C)CC1(C)C. The van der Waals surface area contributed by atoms with Gasteiger partial charge in [-0.3, -0.25) is 4.99 Å². The van der Waals surface area contributed by atoms with Crippen LogP contribution in [0.4, 0.5) is 11.4 Å². The van der Waals surface area contributed by atoms with Crippen molar-refractivity contribution in [2.75, 3.05) is 11.4 Å². The number of fused-ring (bicyclic) bond motifs is 1. The Morgan fingerprint density at radius 2 is 2.04 bits per heavy atom. The number of anilines is 1.